The van der Waals surface area contributed by atoms with Gasteiger partial charge < -0.3 is 19.4 Å². The molecule has 1 aromatic heterocycles. The number of nitrogens with one attached hydrogen (secondary N) is 1. The summed E-state index contributed by atoms with van der Waals surface area (Å²) in [6.45, 7) is 4.01. The van der Waals surface area contributed by atoms with E-state index >= 15 is 0 Å². The molecular weight excluding hydrogens is 346 g/mol. The normalized spacial score (nSPS) is 16.9. The summed E-state index contributed by atoms with van der Waals surface area (Å²) in [6.07, 6.45) is 4.12. The molecule has 3 rings (SSSR count). The zero-order valence-electron chi connectivity index (χ0n) is 15.5. The highest BCUT2D eigenvalue weighted by Gasteiger charge is 2.26. The van der Waals surface area contributed by atoms with Crippen LogP contribution in [0.1, 0.15) is 42.4 Å². The Hall–Kier alpha value is -2.67. The molecule has 7 nitrogen and oxygen atoms in total. The monoisotopic (exact) mass is 371 g/mol. The van der Waals surface area contributed by atoms with Crippen molar-refractivity contribution in [3.63, 3.8) is 0 Å². The molecular formula is C20H25N3O4. The van der Waals surface area contributed by atoms with E-state index in [2.05, 4.69) is 16.9 Å². The number of carbonyl (C=O) groups is 1. The number of piperidine rings is 1. The summed E-state index contributed by atoms with van der Waals surface area (Å²) in [7, 11) is 0. The third-order valence-electron chi connectivity index (χ3n) is 4.42. The van der Waals surface area contributed by atoms with Gasteiger partial charge in [0.1, 0.15) is 23.7 Å². The zero-order valence-corrected chi connectivity index (χ0v) is 15.5. The Morgan fingerprint density at radius 3 is 2.89 bits per heavy atom. The average molecular weight is 371 g/mol. The Balaban J connectivity index is 1.62. The van der Waals surface area contributed by atoms with Gasteiger partial charge in [0.2, 0.25) is 0 Å². The molecule has 0 unspecified atom stereocenters. The number of benzene rings is 1. The fourth-order valence-electron chi connectivity index (χ4n) is 3.04. The third-order valence-corrected chi connectivity index (χ3v) is 4.42. The molecule has 1 aliphatic rings. The van der Waals surface area contributed by atoms with Crippen molar-refractivity contribution in [1.82, 2.24) is 14.9 Å². The van der Waals surface area contributed by atoms with Crippen molar-refractivity contribution in [2.75, 3.05) is 19.7 Å². The second kappa shape index (κ2) is 9.32. The van der Waals surface area contributed by atoms with Gasteiger partial charge in [-0.3, -0.25) is 9.59 Å². The predicted octanol–water partition coefficient (Wildman–Crippen LogP) is 2.38. The number of hydrogen-bond acceptors (Lipinski definition) is 5. The second-order valence-electron chi connectivity index (χ2n) is 6.56. The van der Waals surface area contributed by atoms with Crippen molar-refractivity contribution < 1.29 is 14.3 Å². The fourth-order valence-corrected chi connectivity index (χ4v) is 3.04. The van der Waals surface area contributed by atoms with Gasteiger partial charge in [-0.25, -0.2) is 4.98 Å². The van der Waals surface area contributed by atoms with Crippen molar-refractivity contribution >= 4 is 5.91 Å². The molecule has 0 saturated carbocycles. The molecule has 1 atom stereocenters. The molecule has 0 radical (unpaired) electrons. The Labute approximate surface area is 158 Å². The summed E-state index contributed by atoms with van der Waals surface area (Å²) >= 11 is 0. The largest absolute Gasteiger partial charge is 0.486 e. The van der Waals surface area contributed by atoms with Crippen LogP contribution in [0.5, 0.6) is 5.75 Å². The minimum absolute atomic E-state index is 0.0354. The average Bonchev–Trinajstić information content (AvgIpc) is 2.71. The van der Waals surface area contributed by atoms with Crippen LogP contribution < -0.4 is 10.3 Å². The molecule has 2 aromatic rings. The quantitative estimate of drug-likeness (QED) is 0.808. The van der Waals surface area contributed by atoms with E-state index in [9.17, 15) is 9.59 Å². The molecule has 0 aliphatic carbocycles. The number of nitrogens with zero attached hydrogens (tertiary/aromatic N) is 2. The molecule has 1 aliphatic heterocycles. The first-order chi connectivity index (χ1) is 13.2. The van der Waals surface area contributed by atoms with Gasteiger partial charge in [-0.1, -0.05) is 25.1 Å². The van der Waals surface area contributed by atoms with Crippen LogP contribution in [-0.4, -0.2) is 46.6 Å². The van der Waals surface area contributed by atoms with Gasteiger partial charge in [0, 0.05) is 25.9 Å². The number of aromatic amines is 1. The van der Waals surface area contributed by atoms with Crippen LogP contribution in [0, 0.1) is 0 Å². The van der Waals surface area contributed by atoms with E-state index in [0.29, 0.717) is 31.3 Å². The van der Waals surface area contributed by atoms with Crippen molar-refractivity contribution in [1.29, 1.82) is 0 Å². The number of amides is 1. The van der Waals surface area contributed by atoms with Gasteiger partial charge in [-0.05, 0) is 31.4 Å². The maximum Gasteiger partial charge on any atom is 0.263 e. The molecule has 1 N–H and O–H groups in total. The first-order valence-corrected chi connectivity index (χ1v) is 9.34. The highest BCUT2D eigenvalue weighted by Crippen LogP contribution is 2.15. The lowest BCUT2D eigenvalue weighted by atomic mass is 10.1. The van der Waals surface area contributed by atoms with E-state index in [1.54, 1.807) is 4.90 Å². The lowest BCUT2D eigenvalue weighted by Crippen LogP contribution is -2.44. The van der Waals surface area contributed by atoms with E-state index in [4.69, 9.17) is 9.47 Å². The molecule has 2 heterocycles. The fraction of sp³-hybridized carbons (Fsp3) is 0.450. The Morgan fingerprint density at radius 1 is 1.33 bits per heavy atom. The molecule has 1 saturated heterocycles. The van der Waals surface area contributed by atoms with Crippen LogP contribution in [0.2, 0.25) is 0 Å². The molecule has 27 heavy (non-hydrogen) atoms. The minimum atomic E-state index is -0.446. The van der Waals surface area contributed by atoms with E-state index in [-0.39, 0.29) is 24.2 Å². The molecule has 7 heteroatoms. The maximum atomic E-state index is 12.7. The van der Waals surface area contributed by atoms with Crippen LogP contribution in [0.4, 0.5) is 0 Å². The van der Waals surface area contributed by atoms with E-state index < -0.39 is 5.56 Å². The molecule has 0 spiro atoms. The van der Waals surface area contributed by atoms with Gasteiger partial charge in [-0.15, -0.1) is 0 Å². The van der Waals surface area contributed by atoms with E-state index in [0.717, 1.165) is 19.3 Å². The Bertz CT molecular complexity index is 806. The number of aromatic nitrogens is 2. The lowest BCUT2D eigenvalue weighted by molar-refractivity contribution is 0.00203. The second-order valence-corrected chi connectivity index (χ2v) is 6.56. The number of ether oxygens (including phenoxy) is 2. The summed E-state index contributed by atoms with van der Waals surface area (Å²) in [5.41, 5.74) is -0.395. The summed E-state index contributed by atoms with van der Waals surface area (Å²) in [4.78, 5) is 33.6. The molecule has 1 aromatic carbocycles. The van der Waals surface area contributed by atoms with Crippen LogP contribution in [0.25, 0.3) is 0 Å². The SMILES string of the molecule is CCCO[C@H]1CCCN(C(=O)c2cnc(COc3ccccc3)[nH]c2=O)C1. The number of rotatable bonds is 7. The van der Waals surface area contributed by atoms with Crippen LogP contribution >= 0.6 is 0 Å². The van der Waals surface area contributed by atoms with Gasteiger partial charge in [0.25, 0.3) is 11.5 Å². The topological polar surface area (TPSA) is 84.5 Å². The summed E-state index contributed by atoms with van der Waals surface area (Å²) in [5, 5.41) is 0. The standard InChI is InChI=1S/C20H25N3O4/c1-2-11-26-16-9-6-10-23(13-16)20(25)17-12-21-18(22-19(17)24)14-27-15-7-4-3-5-8-15/h3-5,7-8,12,16H,2,6,9-11,13-14H2,1H3,(H,21,22,24)/t16-/m0/s1. The van der Waals surface area contributed by atoms with Crippen LogP contribution in [0.3, 0.4) is 0 Å². The summed E-state index contributed by atoms with van der Waals surface area (Å²) in [6, 6.07) is 9.27. The van der Waals surface area contributed by atoms with E-state index in [1.807, 2.05) is 30.3 Å². The molecule has 1 fully saturated rings. The number of para-hydroxylation sites is 1. The minimum Gasteiger partial charge on any atom is -0.486 e. The Morgan fingerprint density at radius 2 is 2.15 bits per heavy atom. The molecule has 144 valence electrons. The number of likely N-dealkylation sites (tertiary alicyclic amines) is 1. The zero-order chi connectivity index (χ0) is 19.1. The van der Waals surface area contributed by atoms with Gasteiger partial charge in [0.05, 0.1) is 6.10 Å². The first-order valence-electron chi connectivity index (χ1n) is 9.34. The number of carbonyl (C=O) groups excluding carboxylic acids is 1. The van der Waals surface area contributed by atoms with Crippen molar-refractivity contribution in [2.45, 2.75) is 38.9 Å². The van der Waals surface area contributed by atoms with Gasteiger partial charge in [0.15, 0.2) is 0 Å². The maximum absolute atomic E-state index is 12.7. The summed E-state index contributed by atoms with van der Waals surface area (Å²) < 4.78 is 11.3. The highest BCUT2D eigenvalue weighted by molar-refractivity contribution is 5.93. The van der Waals surface area contributed by atoms with E-state index in [1.165, 1.54) is 6.20 Å². The van der Waals surface area contributed by atoms with Crippen LogP contribution in [0.15, 0.2) is 41.3 Å². The highest BCUT2D eigenvalue weighted by atomic mass is 16.5. The van der Waals surface area contributed by atoms with Crippen molar-refractivity contribution in [3.8, 4) is 5.75 Å². The number of hydrogen-bond donors (Lipinski definition) is 1. The smallest absolute Gasteiger partial charge is 0.263 e. The lowest BCUT2D eigenvalue weighted by Gasteiger charge is -2.32. The molecule has 0 bridgehead atoms. The third kappa shape index (κ3) is 5.17. The van der Waals surface area contributed by atoms with Gasteiger partial charge in [-0.2, -0.15) is 0 Å². The van der Waals surface area contributed by atoms with Crippen LogP contribution in [-0.2, 0) is 11.3 Å². The number of H-pyrrole nitrogens is 1. The first kappa shape index (κ1) is 19.1. The van der Waals surface area contributed by atoms with Crippen molar-refractivity contribution in [3.05, 3.63) is 58.3 Å². The van der Waals surface area contributed by atoms with Crippen molar-refractivity contribution in [2.24, 2.45) is 0 Å². The van der Waals surface area contributed by atoms with Gasteiger partial charge >= 0.3 is 0 Å². The predicted molar refractivity (Wildman–Crippen MR) is 101 cm³/mol. The molecule has 1 amide bonds. The Kier molecular flexibility index (Phi) is 6.59. The summed E-state index contributed by atoms with van der Waals surface area (Å²) in [5.74, 6) is 0.763.